The number of nitrogens with one attached hydrogen (secondary N) is 1. The predicted octanol–water partition coefficient (Wildman–Crippen LogP) is 0.417. The number of nitrogens with two attached hydrogens (primary N) is 1. The maximum atomic E-state index is 11.5. The van der Waals surface area contributed by atoms with Crippen LogP contribution in [0.25, 0.3) is 0 Å². The van der Waals surface area contributed by atoms with Crippen molar-refractivity contribution in [3.8, 4) is 0 Å². The van der Waals surface area contributed by atoms with Crippen LogP contribution in [0.3, 0.4) is 0 Å². The third-order valence-electron chi connectivity index (χ3n) is 4.42. The largest absolute Gasteiger partial charge is 0.298 e. The first-order valence-electron chi connectivity index (χ1n) is 6.99. The lowest BCUT2D eigenvalue weighted by molar-refractivity contribution is -0.126. The number of hydrogen-bond acceptors (Lipinski definition) is 4. The van der Waals surface area contributed by atoms with E-state index in [2.05, 4.69) is 36.0 Å². The monoisotopic (exact) mass is 256 g/mol. The van der Waals surface area contributed by atoms with E-state index in [4.69, 9.17) is 5.84 Å². The van der Waals surface area contributed by atoms with Crippen molar-refractivity contribution in [2.75, 3.05) is 26.2 Å². The quantitative estimate of drug-likeness (QED) is 0.425. The van der Waals surface area contributed by atoms with E-state index in [1.807, 2.05) is 6.92 Å². The Bertz CT molecular complexity index is 264. The number of amides is 1. The van der Waals surface area contributed by atoms with E-state index >= 15 is 0 Å². The summed E-state index contributed by atoms with van der Waals surface area (Å²) >= 11 is 0. The van der Waals surface area contributed by atoms with Crippen LogP contribution in [0.1, 0.15) is 34.1 Å². The van der Waals surface area contributed by atoms with Gasteiger partial charge in [0.15, 0.2) is 0 Å². The molecule has 0 aromatic rings. The van der Waals surface area contributed by atoms with Crippen LogP contribution in [0, 0.1) is 5.92 Å². The van der Waals surface area contributed by atoms with E-state index in [0.717, 1.165) is 26.2 Å². The van der Waals surface area contributed by atoms with E-state index < -0.39 is 0 Å². The van der Waals surface area contributed by atoms with Gasteiger partial charge in [-0.3, -0.25) is 20.0 Å². The minimum atomic E-state index is -0.0770. The number of nitrogens with zero attached hydrogens (tertiary/aromatic N) is 2. The molecule has 0 aromatic heterocycles. The van der Waals surface area contributed by atoms with E-state index in [9.17, 15) is 4.79 Å². The molecule has 3 atom stereocenters. The summed E-state index contributed by atoms with van der Waals surface area (Å²) in [5.74, 6) is 5.05. The fraction of sp³-hybridized carbons (Fsp3) is 0.923. The smallest absolute Gasteiger partial charge is 0.238 e. The van der Waals surface area contributed by atoms with Crippen LogP contribution in [0.2, 0.25) is 0 Å². The molecule has 5 heteroatoms. The Morgan fingerprint density at radius 1 is 1.17 bits per heavy atom. The number of rotatable bonds is 5. The van der Waals surface area contributed by atoms with Crippen LogP contribution in [-0.2, 0) is 4.79 Å². The molecular formula is C13H28N4O. The maximum absolute atomic E-state index is 11.5. The molecule has 1 heterocycles. The molecular weight excluding hydrogens is 228 g/mol. The molecule has 0 aromatic carbocycles. The Morgan fingerprint density at radius 3 is 2.11 bits per heavy atom. The topological polar surface area (TPSA) is 61.6 Å². The van der Waals surface area contributed by atoms with E-state index in [1.165, 1.54) is 6.42 Å². The maximum Gasteiger partial charge on any atom is 0.238 e. The van der Waals surface area contributed by atoms with Crippen LogP contribution in [-0.4, -0.2) is 54.0 Å². The van der Waals surface area contributed by atoms with Crippen molar-refractivity contribution in [1.82, 2.24) is 15.2 Å². The first-order valence-corrected chi connectivity index (χ1v) is 6.99. The zero-order valence-electron chi connectivity index (χ0n) is 12.1. The lowest BCUT2D eigenvalue weighted by Gasteiger charge is -2.41. The molecule has 1 aliphatic rings. The Morgan fingerprint density at radius 2 is 1.67 bits per heavy atom. The molecule has 1 rings (SSSR count). The normalized spacial score (nSPS) is 23.4. The summed E-state index contributed by atoms with van der Waals surface area (Å²) in [4.78, 5) is 16.5. The Labute approximate surface area is 111 Å². The van der Waals surface area contributed by atoms with Crippen molar-refractivity contribution in [3.05, 3.63) is 0 Å². The zero-order chi connectivity index (χ0) is 13.7. The van der Waals surface area contributed by atoms with Crippen LogP contribution < -0.4 is 11.3 Å². The fourth-order valence-corrected chi connectivity index (χ4v) is 2.51. The van der Waals surface area contributed by atoms with Crippen molar-refractivity contribution >= 4 is 5.91 Å². The van der Waals surface area contributed by atoms with Crippen molar-refractivity contribution in [1.29, 1.82) is 0 Å². The van der Waals surface area contributed by atoms with E-state index in [0.29, 0.717) is 6.04 Å². The third kappa shape index (κ3) is 3.67. The minimum absolute atomic E-state index is 0.0647. The van der Waals surface area contributed by atoms with Gasteiger partial charge >= 0.3 is 0 Å². The molecule has 3 N–H and O–H groups in total. The molecule has 106 valence electrons. The molecule has 1 amide bonds. The number of hydrazine groups is 1. The van der Waals surface area contributed by atoms with Crippen molar-refractivity contribution < 1.29 is 4.79 Å². The molecule has 1 saturated heterocycles. The highest BCUT2D eigenvalue weighted by atomic mass is 16.2. The number of hydrogen-bond donors (Lipinski definition) is 2. The number of piperazine rings is 1. The van der Waals surface area contributed by atoms with E-state index in [1.54, 1.807) is 0 Å². The summed E-state index contributed by atoms with van der Waals surface area (Å²) in [6, 6.07) is 0.903. The van der Waals surface area contributed by atoms with Gasteiger partial charge in [0.1, 0.15) is 0 Å². The molecule has 18 heavy (non-hydrogen) atoms. The van der Waals surface area contributed by atoms with Gasteiger partial charge in [0.25, 0.3) is 0 Å². The second kappa shape index (κ2) is 7.07. The molecule has 0 radical (unpaired) electrons. The predicted molar refractivity (Wildman–Crippen MR) is 73.9 cm³/mol. The van der Waals surface area contributed by atoms with E-state index in [-0.39, 0.29) is 17.9 Å². The van der Waals surface area contributed by atoms with Crippen molar-refractivity contribution in [2.45, 2.75) is 46.2 Å². The van der Waals surface area contributed by atoms with Crippen molar-refractivity contribution in [2.24, 2.45) is 11.8 Å². The van der Waals surface area contributed by atoms with Gasteiger partial charge in [-0.05, 0) is 20.3 Å². The molecule has 5 nitrogen and oxygen atoms in total. The van der Waals surface area contributed by atoms with Gasteiger partial charge < -0.3 is 0 Å². The summed E-state index contributed by atoms with van der Waals surface area (Å²) in [6.45, 7) is 12.8. The average Bonchev–Trinajstić information content (AvgIpc) is 2.44. The Hall–Kier alpha value is -0.650. The minimum Gasteiger partial charge on any atom is -0.298 e. The molecule has 0 aliphatic carbocycles. The Balaban J connectivity index is 2.45. The second-order valence-corrected chi connectivity index (χ2v) is 5.37. The summed E-state index contributed by atoms with van der Waals surface area (Å²) in [5.41, 5.74) is 2.24. The first kappa shape index (κ1) is 15.4. The first-order chi connectivity index (χ1) is 8.51. The molecule has 1 fully saturated rings. The van der Waals surface area contributed by atoms with Crippen molar-refractivity contribution in [3.63, 3.8) is 0 Å². The zero-order valence-corrected chi connectivity index (χ0v) is 12.1. The van der Waals surface area contributed by atoms with Gasteiger partial charge in [-0.25, -0.2) is 5.84 Å². The van der Waals surface area contributed by atoms with Gasteiger partial charge in [-0.2, -0.15) is 0 Å². The lowest BCUT2D eigenvalue weighted by atomic mass is 10.0. The van der Waals surface area contributed by atoms with Gasteiger partial charge in [0.2, 0.25) is 5.91 Å². The number of carbonyl (C=O) groups is 1. The summed E-state index contributed by atoms with van der Waals surface area (Å²) in [5, 5.41) is 0. The number of carbonyl (C=O) groups excluding carboxylic acids is 1. The van der Waals surface area contributed by atoms with Gasteiger partial charge in [-0.15, -0.1) is 0 Å². The summed E-state index contributed by atoms with van der Waals surface area (Å²) in [6.07, 6.45) is 1.20. The lowest BCUT2D eigenvalue weighted by Crippen LogP contribution is -2.55. The summed E-state index contributed by atoms with van der Waals surface area (Å²) < 4.78 is 0. The van der Waals surface area contributed by atoms with Gasteiger partial charge in [0.05, 0.1) is 5.92 Å². The molecule has 1 aliphatic heterocycles. The van der Waals surface area contributed by atoms with Crippen LogP contribution in [0.5, 0.6) is 0 Å². The highest BCUT2D eigenvalue weighted by Gasteiger charge is 2.28. The standard InChI is InChI=1S/C13H28N4O/c1-5-10(2)16-6-8-17(9-7-16)12(4)11(3)13(18)15-14/h10-12H,5-9,14H2,1-4H3,(H,15,18). The van der Waals surface area contributed by atoms with Crippen LogP contribution >= 0.6 is 0 Å². The highest BCUT2D eigenvalue weighted by Crippen LogP contribution is 2.15. The molecule has 3 unspecified atom stereocenters. The fourth-order valence-electron chi connectivity index (χ4n) is 2.51. The molecule has 0 saturated carbocycles. The molecule has 0 bridgehead atoms. The summed E-state index contributed by atoms with van der Waals surface area (Å²) in [7, 11) is 0. The molecule has 0 spiro atoms. The van der Waals surface area contributed by atoms with Crippen LogP contribution in [0.4, 0.5) is 0 Å². The Kier molecular flexibility index (Phi) is 6.05. The van der Waals surface area contributed by atoms with Crippen LogP contribution in [0.15, 0.2) is 0 Å². The van der Waals surface area contributed by atoms with Gasteiger partial charge in [0, 0.05) is 38.3 Å². The average molecular weight is 256 g/mol. The highest BCUT2D eigenvalue weighted by molar-refractivity contribution is 5.78. The second-order valence-electron chi connectivity index (χ2n) is 5.37. The van der Waals surface area contributed by atoms with Gasteiger partial charge in [-0.1, -0.05) is 13.8 Å². The third-order valence-corrected chi connectivity index (χ3v) is 4.42. The SMILES string of the molecule is CCC(C)N1CCN(C(C)C(C)C(=O)NN)CC1.